The SMILES string of the molecule is O=C(NCCCNC(=O)c1cccc(O)c1)c1ccc(NS(=O)(=O)c2cccs2)cc1. The summed E-state index contributed by atoms with van der Waals surface area (Å²) in [6.45, 7) is 0.712. The van der Waals surface area contributed by atoms with Gasteiger partial charge in [0.05, 0.1) is 0 Å². The van der Waals surface area contributed by atoms with E-state index in [1.807, 2.05) is 0 Å². The van der Waals surface area contributed by atoms with Gasteiger partial charge in [0.2, 0.25) is 0 Å². The fourth-order valence-electron chi connectivity index (χ4n) is 2.65. The average Bonchev–Trinajstić information content (AvgIpc) is 3.29. The Bertz CT molecular complexity index is 1140. The largest absolute Gasteiger partial charge is 0.508 e. The smallest absolute Gasteiger partial charge is 0.271 e. The topological polar surface area (TPSA) is 125 Å². The number of phenolic OH excluding ortho intramolecular Hbond substituents is 1. The standard InChI is InChI=1S/C21H21N3O5S2/c25-18-5-1-4-16(14-18)21(27)23-12-3-11-22-20(26)15-7-9-17(10-8-15)24-31(28,29)19-6-2-13-30-19/h1-2,4-10,13-14,24-25H,3,11-12H2,(H,22,26)(H,23,27). The lowest BCUT2D eigenvalue weighted by Gasteiger charge is -2.09. The lowest BCUT2D eigenvalue weighted by atomic mass is 10.2. The van der Waals surface area contributed by atoms with Crippen molar-refractivity contribution < 1.29 is 23.1 Å². The highest BCUT2D eigenvalue weighted by atomic mass is 32.2. The molecule has 3 aromatic rings. The van der Waals surface area contributed by atoms with Crippen molar-refractivity contribution in [2.45, 2.75) is 10.6 Å². The molecule has 8 nitrogen and oxygen atoms in total. The van der Waals surface area contributed by atoms with Gasteiger partial charge in [-0.25, -0.2) is 8.42 Å². The third kappa shape index (κ3) is 6.30. The monoisotopic (exact) mass is 459 g/mol. The van der Waals surface area contributed by atoms with Crippen LogP contribution in [-0.4, -0.2) is 38.4 Å². The van der Waals surface area contributed by atoms with E-state index in [2.05, 4.69) is 15.4 Å². The van der Waals surface area contributed by atoms with Gasteiger partial charge in [0.1, 0.15) is 9.96 Å². The number of hydrogen-bond acceptors (Lipinski definition) is 6. The molecular weight excluding hydrogens is 438 g/mol. The van der Waals surface area contributed by atoms with Crippen LogP contribution in [0, 0.1) is 0 Å². The maximum atomic E-state index is 12.2. The summed E-state index contributed by atoms with van der Waals surface area (Å²) in [4.78, 5) is 24.2. The Morgan fingerprint density at radius 3 is 2.16 bits per heavy atom. The molecule has 0 aliphatic heterocycles. The summed E-state index contributed by atoms with van der Waals surface area (Å²) in [6, 6.07) is 15.3. The zero-order valence-electron chi connectivity index (χ0n) is 16.4. The van der Waals surface area contributed by atoms with Crippen LogP contribution in [0.3, 0.4) is 0 Å². The van der Waals surface area contributed by atoms with E-state index in [0.717, 1.165) is 11.3 Å². The number of sulfonamides is 1. The first-order valence-electron chi connectivity index (χ1n) is 9.37. The van der Waals surface area contributed by atoms with Gasteiger partial charge in [0.15, 0.2) is 0 Å². The van der Waals surface area contributed by atoms with Crippen molar-refractivity contribution >= 4 is 38.9 Å². The van der Waals surface area contributed by atoms with Crippen molar-refractivity contribution in [3.8, 4) is 5.75 Å². The second kappa shape index (κ2) is 10.1. The second-order valence-electron chi connectivity index (χ2n) is 6.53. The Hall–Kier alpha value is -3.37. The van der Waals surface area contributed by atoms with Crippen LogP contribution >= 0.6 is 11.3 Å². The van der Waals surface area contributed by atoms with Crippen molar-refractivity contribution in [2.75, 3.05) is 17.8 Å². The summed E-state index contributed by atoms with van der Waals surface area (Å²) in [5.74, 6) is -0.583. The molecular formula is C21H21N3O5S2. The van der Waals surface area contributed by atoms with Crippen molar-refractivity contribution in [2.24, 2.45) is 0 Å². The number of rotatable bonds is 9. The Kier molecular flexibility index (Phi) is 7.27. The molecule has 0 spiro atoms. The zero-order chi connectivity index (χ0) is 22.3. The number of carbonyl (C=O) groups excluding carboxylic acids is 2. The highest BCUT2D eigenvalue weighted by Crippen LogP contribution is 2.20. The summed E-state index contributed by atoms with van der Waals surface area (Å²) >= 11 is 1.12. The number of aromatic hydroxyl groups is 1. The maximum Gasteiger partial charge on any atom is 0.271 e. The molecule has 0 aliphatic carbocycles. The Balaban J connectivity index is 1.42. The van der Waals surface area contributed by atoms with E-state index in [1.165, 1.54) is 42.5 Å². The molecule has 0 fully saturated rings. The predicted octanol–water partition coefficient (Wildman–Crippen LogP) is 2.80. The molecule has 0 unspecified atom stereocenters. The Morgan fingerprint density at radius 1 is 0.871 bits per heavy atom. The number of hydrogen-bond donors (Lipinski definition) is 4. The number of nitrogens with one attached hydrogen (secondary N) is 3. The van der Waals surface area contributed by atoms with Gasteiger partial charge in [-0.2, -0.15) is 0 Å². The Labute approximate surface area is 184 Å². The number of carbonyl (C=O) groups is 2. The molecule has 0 saturated carbocycles. The highest BCUT2D eigenvalue weighted by molar-refractivity contribution is 7.94. The number of thiophene rings is 1. The minimum Gasteiger partial charge on any atom is -0.508 e. The minimum absolute atomic E-state index is 0.0188. The van der Waals surface area contributed by atoms with E-state index >= 15 is 0 Å². The lowest BCUT2D eigenvalue weighted by Crippen LogP contribution is -2.29. The van der Waals surface area contributed by atoms with Gasteiger partial charge in [-0.3, -0.25) is 14.3 Å². The first-order chi connectivity index (χ1) is 14.8. The molecule has 2 aromatic carbocycles. The molecule has 1 heterocycles. The van der Waals surface area contributed by atoms with E-state index in [0.29, 0.717) is 36.3 Å². The van der Waals surface area contributed by atoms with Crippen molar-refractivity contribution in [1.29, 1.82) is 0 Å². The van der Waals surface area contributed by atoms with E-state index in [4.69, 9.17) is 0 Å². The van der Waals surface area contributed by atoms with Crippen LogP contribution in [0.25, 0.3) is 0 Å². The number of benzene rings is 2. The van der Waals surface area contributed by atoms with Crippen LogP contribution in [0.4, 0.5) is 5.69 Å². The van der Waals surface area contributed by atoms with Gasteiger partial charge >= 0.3 is 0 Å². The Morgan fingerprint density at radius 2 is 1.55 bits per heavy atom. The minimum atomic E-state index is -3.63. The number of phenols is 1. The second-order valence-corrected chi connectivity index (χ2v) is 9.39. The first-order valence-corrected chi connectivity index (χ1v) is 11.7. The first kappa shape index (κ1) is 22.3. The molecule has 0 radical (unpaired) electrons. The van der Waals surface area contributed by atoms with Gasteiger partial charge in [-0.05, 0) is 60.3 Å². The van der Waals surface area contributed by atoms with Gasteiger partial charge in [-0.15, -0.1) is 11.3 Å². The maximum absolute atomic E-state index is 12.2. The molecule has 0 aliphatic rings. The van der Waals surface area contributed by atoms with Crippen LogP contribution in [0.15, 0.2) is 70.3 Å². The quantitative estimate of drug-likeness (QED) is 0.366. The van der Waals surface area contributed by atoms with Crippen LogP contribution in [0.2, 0.25) is 0 Å². The van der Waals surface area contributed by atoms with E-state index in [-0.39, 0.29) is 21.8 Å². The predicted molar refractivity (Wildman–Crippen MR) is 119 cm³/mol. The zero-order valence-corrected chi connectivity index (χ0v) is 18.0. The fraction of sp³-hybridized carbons (Fsp3) is 0.143. The van der Waals surface area contributed by atoms with Gasteiger partial charge in [0, 0.05) is 29.9 Å². The van der Waals surface area contributed by atoms with E-state index in [1.54, 1.807) is 23.6 Å². The molecule has 3 rings (SSSR count). The molecule has 31 heavy (non-hydrogen) atoms. The molecule has 4 N–H and O–H groups in total. The van der Waals surface area contributed by atoms with Crippen LogP contribution in [0.5, 0.6) is 5.75 Å². The summed E-state index contributed by atoms with van der Waals surface area (Å²) in [5, 5.41) is 16.5. The third-order valence-electron chi connectivity index (χ3n) is 4.19. The molecule has 2 amide bonds. The molecule has 162 valence electrons. The summed E-state index contributed by atoms with van der Waals surface area (Å²) < 4.78 is 27.1. The normalized spacial score (nSPS) is 11.0. The van der Waals surface area contributed by atoms with Gasteiger partial charge in [0.25, 0.3) is 21.8 Å². The van der Waals surface area contributed by atoms with Crippen LogP contribution in [-0.2, 0) is 10.0 Å². The summed E-state index contributed by atoms with van der Waals surface area (Å²) in [6.07, 6.45) is 0.523. The molecule has 0 saturated heterocycles. The molecule has 10 heteroatoms. The summed E-state index contributed by atoms with van der Waals surface area (Å²) in [7, 11) is -3.63. The number of anilines is 1. The van der Waals surface area contributed by atoms with Gasteiger partial charge < -0.3 is 15.7 Å². The highest BCUT2D eigenvalue weighted by Gasteiger charge is 2.15. The van der Waals surface area contributed by atoms with E-state index < -0.39 is 10.0 Å². The average molecular weight is 460 g/mol. The molecule has 0 bridgehead atoms. The van der Waals surface area contributed by atoms with Crippen molar-refractivity contribution in [1.82, 2.24) is 10.6 Å². The van der Waals surface area contributed by atoms with Crippen LogP contribution < -0.4 is 15.4 Å². The van der Waals surface area contributed by atoms with Crippen molar-refractivity contribution in [3.63, 3.8) is 0 Å². The van der Waals surface area contributed by atoms with Crippen LogP contribution in [0.1, 0.15) is 27.1 Å². The molecule has 0 atom stereocenters. The van der Waals surface area contributed by atoms with Gasteiger partial charge in [-0.1, -0.05) is 12.1 Å². The fourth-order valence-corrected chi connectivity index (χ4v) is 4.71. The number of amides is 2. The van der Waals surface area contributed by atoms with E-state index in [9.17, 15) is 23.1 Å². The lowest BCUT2D eigenvalue weighted by molar-refractivity contribution is 0.0951. The summed E-state index contributed by atoms with van der Waals surface area (Å²) in [5.41, 5.74) is 1.11. The molecule has 1 aromatic heterocycles. The van der Waals surface area contributed by atoms with Crippen molar-refractivity contribution in [3.05, 3.63) is 77.2 Å². The third-order valence-corrected chi connectivity index (χ3v) is 6.97.